The van der Waals surface area contributed by atoms with Gasteiger partial charge in [-0.15, -0.1) is 0 Å². The van der Waals surface area contributed by atoms with E-state index in [0.717, 1.165) is 29.7 Å². The second-order valence-electron chi connectivity index (χ2n) is 6.59. The number of benzene rings is 2. The fourth-order valence-corrected chi connectivity index (χ4v) is 3.31. The number of amides is 1. The first-order valence-electron chi connectivity index (χ1n) is 8.95. The zero-order chi connectivity index (χ0) is 18.4. The Balaban J connectivity index is 1.49. The van der Waals surface area contributed by atoms with Crippen LogP contribution >= 0.6 is 0 Å². The maximum Gasteiger partial charge on any atom is 0.410 e. The molecule has 1 aliphatic heterocycles. The van der Waals surface area contributed by atoms with Gasteiger partial charge in [0, 0.05) is 13.1 Å². The molecule has 1 N–H and O–H groups in total. The third kappa shape index (κ3) is 4.55. The van der Waals surface area contributed by atoms with E-state index in [4.69, 9.17) is 9.47 Å². The number of aliphatic hydroxyl groups excluding tert-OH is 1. The molecule has 1 heterocycles. The van der Waals surface area contributed by atoms with Gasteiger partial charge in [0.1, 0.15) is 12.4 Å². The average molecular weight is 355 g/mol. The Morgan fingerprint density at radius 1 is 1.15 bits per heavy atom. The van der Waals surface area contributed by atoms with Crippen molar-refractivity contribution in [2.45, 2.75) is 25.6 Å². The van der Waals surface area contributed by atoms with Crippen LogP contribution in [0, 0.1) is 5.92 Å². The Bertz CT molecular complexity index is 711. The summed E-state index contributed by atoms with van der Waals surface area (Å²) in [6, 6.07) is 17.2. The van der Waals surface area contributed by atoms with Crippen molar-refractivity contribution in [1.29, 1.82) is 0 Å². The van der Waals surface area contributed by atoms with E-state index < -0.39 is 6.10 Å². The molecular weight excluding hydrogens is 330 g/mol. The van der Waals surface area contributed by atoms with Crippen LogP contribution in [0.1, 0.15) is 30.1 Å². The second kappa shape index (κ2) is 8.72. The van der Waals surface area contributed by atoms with Crippen molar-refractivity contribution in [3.8, 4) is 5.75 Å². The monoisotopic (exact) mass is 355 g/mol. The standard InChI is InChI=1S/C21H25NO4/c1-25-19-9-5-8-18(14-19)20(23)17-10-12-22(13-11-17)21(24)26-15-16-6-3-2-4-7-16/h2-9,14,17,20,23H,10-13,15H2,1H3. The van der Waals surface area contributed by atoms with Crippen molar-refractivity contribution >= 4 is 6.09 Å². The number of aliphatic hydroxyl groups is 1. The van der Waals surface area contributed by atoms with Gasteiger partial charge in [0.05, 0.1) is 13.2 Å². The van der Waals surface area contributed by atoms with Gasteiger partial charge in [-0.05, 0) is 42.0 Å². The van der Waals surface area contributed by atoms with Gasteiger partial charge in [-0.3, -0.25) is 0 Å². The minimum Gasteiger partial charge on any atom is -0.497 e. The van der Waals surface area contributed by atoms with Gasteiger partial charge >= 0.3 is 6.09 Å². The van der Waals surface area contributed by atoms with Crippen LogP contribution in [-0.4, -0.2) is 36.3 Å². The van der Waals surface area contributed by atoms with Crippen LogP contribution in [0.5, 0.6) is 5.75 Å². The van der Waals surface area contributed by atoms with Crippen LogP contribution < -0.4 is 4.74 Å². The molecule has 5 heteroatoms. The number of piperidine rings is 1. The van der Waals surface area contributed by atoms with Crippen molar-refractivity contribution in [2.75, 3.05) is 20.2 Å². The molecule has 5 nitrogen and oxygen atoms in total. The summed E-state index contributed by atoms with van der Waals surface area (Å²) >= 11 is 0. The number of likely N-dealkylation sites (tertiary alicyclic amines) is 1. The maximum absolute atomic E-state index is 12.2. The van der Waals surface area contributed by atoms with Gasteiger partial charge in [-0.1, -0.05) is 42.5 Å². The van der Waals surface area contributed by atoms with E-state index in [9.17, 15) is 9.90 Å². The Kier molecular flexibility index (Phi) is 6.12. The minimum atomic E-state index is -0.549. The first-order chi connectivity index (χ1) is 12.7. The predicted molar refractivity (Wildman–Crippen MR) is 98.9 cm³/mol. The minimum absolute atomic E-state index is 0.125. The van der Waals surface area contributed by atoms with Gasteiger partial charge in [0.15, 0.2) is 0 Å². The fourth-order valence-electron chi connectivity index (χ4n) is 3.31. The summed E-state index contributed by atoms with van der Waals surface area (Å²) in [6.45, 7) is 1.48. The lowest BCUT2D eigenvalue weighted by molar-refractivity contribution is 0.0449. The predicted octanol–water partition coefficient (Wildman–Crippen LogP) is 3.78. The van der Waals surface area contributed by atoms with E-state index in [2.05, 4.69) is 0 Å². The van der Waals surface area contributed by atoms with E-state index in [1.807, 2.05) is 54.6 Å². The van der Waals surface area contributed by atoms with Crippen LogP contribution in [0.15, 0.2) is 54.6 Å². The molecule has 0 saturated carbocycles. The van der Waals surface area contributed by atoms with E-state index >= 15 is 0 Å². The van der Waals surface area contributed by atoms with Gasteiger partial charge in [-0.25, -0.2) is 4.79 Å². The lowest BCUT2D eigenvalue weighted by Crippen LogP contribution is -2.40. The first-order valence-corrected chi connectivity index (χ1v) is 8.95. The molecule has 0 aliphatic carbocycles. The normalized spacial score (nSPS) is 16.2. The molecule has 1 unspecified atom stereocenters. The number of rotatable bonds is 5. The summed E-state index contributed by atoms with van der Waals surface area (Å²) in [5.41, 5.74) is 1.83. The summed E-state index contributed by atoms with van der Waals surface area (Å²) in [6.07, 6.45) is 0.660. The molecule has 1 amide bonds. The smallest absolute Gasteiger partial charge is 0.410 e. The molecule has 2 aromatic carbocycles. The van der Waals surface area contributed by atoms with E-state index in [0.29, 0.717) is 13.1 Å². The SMILES string of the molecule is COc1cccc(C(O)C2CCN(C(=O)OCc3ccccc3)CC2)c1. The molecule has 1 atom stereocenters. The van der Waals surface area contributed by atoms with Crippen LogP contribution in [-0.2, 0) is 11.3 Å². The molecule has 0 aromatic heterocycles. The maximum atomic E-state index is 12.2. The molecule has 1 saturated heterocycles. The Morgan fingerprint density at radius 2 is 1.88 bits per heavy atom. The largest absolute Gasteiger partial charge is 0.497 e. The molecule has 138 valence electrons. The zero-order valence-electron chi connectivity index (χ0n) is 15.0. The van der Waals surface area contributed by atoms with Gasteiger partial charge in [-0.2, -0.15) is 0 Å². The lowest BCUT2D eigenvalue weighted by Gasteiger charge is -2.33. The highest BCUT2D eigenvalue weighted by atomic mass is 16.6. The van der Waals surface area contributed by atoms with Crippen LogP contribution in [0.25, 0.3) is 0 Å². The van der Waals surface area contributed by atoms with Gasteiger partial charge in [0.25, 0.3) is 0 Å². The van der Waals surface area contributed by atoms with E-state index in [1.165, 1.54) is 0 Å². The highest BCUT2D eigenvalue weighted by Crippen LogP contribution is 2.32. The Labute approximate surface area is 154 Å². The van der Waals surface area contributed by atoms with Crippen LogP contribution in [0.4, 0.5) is 4.79 Å². The summed E-state index contributed by atoms with van der Waals surface area (Å²) in [5.74, 6) is 0.865. The number of methoxy groups -OCH3 is 1. The molecular formula is C21H25NO4. The molecule has 26 heavy (non-hydrogen) atoms. The molecule has 0 bridgehead atoms. The molecule has 0 radical (unpaired) electrons. The number of hydrogen-bond donors (Lipinski definition) is 1. The third-order valence-electron chi connectivity index (χ3n) is 4.88. The number of ether oxygens (including phenoxy) is 2. The third-order valence-corrected chi connectivity index (χ3v) is 4.88. The quantitative estimate of drug-likeness (QED) is 0.887. The van der Waals surface area contributed by atoms with Crippen molar-refractivity contribution in [3.63, 3.8) is 0 Å². The number of carbonyl (C=O) groups excluding carboxylic acids is 1. The molecule has 1 fully saturated rings. The van der Waals surface area contributed by atoms with Crippen molar-refractivity contribution in [1.82, 2.24) is 4.90 Å². The number of nitrogens with zero attached hydrogens (tertiary/aromatic N) is 1. The molecule has 0 spiro atoms. The van der Waals surface area contributed by atoms with E-state index in [1.54, 1.807) is 12.0 Å². The highest BCUT2D eigenvalue weighted by Gasteiger charge is 2.29. The van der Waals surface area contributed by atoms with Crippen LogP contribution in [0.3, 0.4) is 0 Å². The lowest BCUT2D eigenvalue weighted by atomic mass is 9.87. The first kappa shape index (κ1) is 18.3. The van der Waals surface area contributed by atoms with Crippen molar-refractivity contribution in [2.24, 2.45) is 5.92 Å². The van der Waals surface area contributed by atoms with Gasteiger partial charge < -0.3 is 19.5 Å². The molecule has 3 rings (SSSR count). The molecule has 2 aromatic rings. The topological polar surface area (TPSA) is 59.0 Å². The average Bonchev–Trinajstić information content (AvgIpc) is 2.72. The number of hydrogen-bond acceptors (Lipinski definition) is 4. The summed E-state index contributed by atoms with van der Waals surface area (Å²) < 4.78 is 10.6. The van der Waals surface area contributed by atoms with Crippen LogP contribution in [0.2, 0.25) is 0 Å². The van der Waals surface area contributed by atoms with Gasteiger partial charge in [0.2, 0.25) is 0 Å². The zero-order valence-corrected chi connectivity index (χ0v) is 15.0. The second-order valence-corrected chi connectivity index (χ2v) is 6.59. The Hall–Kier alpha value is -2.53. The van der Waals surface area contributed by atoms with Crippen molar-refractivity contribution < 1.29 is 19.4 Å². The molecule has 1 aliphatic rings. The van der Waals surface area contributed by atoms with E-state index in [-0.39, 0.29) is 18.6 Å². The Morgan fingerprint density at radius 3 is 2.58 bits per heavy atom. The summed E-state index contributed by atoms with van der Waals surface area (Å²) in [7, 11) is 1.62. The van der Waals surface area contributed by atoms with Crippen molar-refractivity contribution in [3.05, 3.63) is 65.7 Å². The summed E-state index contributed by atoms with van der Waals surface area (Å²) in [4.78, 5) is 13.9. The number of carbonyl (C=O) groups is 1. The summed E-state index contributed by atoms with van der Waals surface area (Å²) in [5, 5.41) is 10.7. The highest BCUT2D eigenvalue weighted by molar-refractivity contribution is 5.67. The fraction of sp³-hybridized carbons (Fsp3) is 0.381.